The number of benzene rings is 4. The van der Waals surface area contributed by atoms with E-state index < -0.39 is 20.2 Å². The van der Waals surface area contributed by atoms with E-state index in [-0.39, 0.29) is 47.8 Å². The Labute approximate surface area is 313 Å². The summed E-state index contributed by atoms with van der Waals surface area (Å²) in [6, 6.07) is 25.2. The summed E-state index contributed by atoms with van der Waals surface area (Å²) in [5.41, 5.74) is 11.3. The molecule has 1 aliphatic heterocycles. The molecule has 0 saturated carbocycles. The molecule has 10 heteroatoms. The molecule has 0 aromatic heterocycles. The van der Waals surface area contributed by atoms with Crippen LogP contribution in [0.3, 0.4) is 0 Å². The molecule has 4 aromatic rings. The van der Waals surface area contributed by atoms with Crippen molar-refractivity contribution >= 4 is 25.8 Å². The Morgan fingerprint density at radius 3 is 1.86 bits per heavy atom. The predicted octanol–water partition coefficient (Wildman–Crippen LogP) is 4.72. The van der Waals surface area contributed by atoms with E-state index in [1.165, 1.54) is 39.4 Å². The Bertz CT molecular complexity index is 2130. The monoisotopic (exact) mass is 707 g/mol. The molecule has 0 bridgehead atoms. The maximum Gasteiger partial charge on any atom is 1.00 e. The smallest absolute Gasteiger partial charge is 0.748 e. The van der Waals surface area contributed by atoms with Gasteiger partial charge in [-0.05, 0) is 97.7 Å². The van der Waals surface area contributed by atoms with E-state index in [0.29, 0.717) is 28.9 Å². The average Bonchev–Trinajstić information content (AvgIpc) is 2.98. The van der Waals surface area contributed by atoms with Crippen molar-refractivity contribution in [2.24, 2.45) is 5.92 Å². The molecule has 0 amide bonds. The fourth-order valence-corrected chi connectivity index (χ4v) is 6.90. The van der Waals surface area contributed by atoms with Gasteiger partial charge in [0, 0.05) is 34.4 Å². The molecule has 0 fully saturated rings. The average molecular weight is 708 g/mol. The number of fused-ring (bicyclic) bond motifs is 2. The van der Waals surface area contributed by atoms with E-state index in [0.717, 1.165) is 29.5 Å². The Morgan fingerprint density at radius 1 is 0.735 bits per heavy atom. The fourth-order valence-electron chi connectivity index (χ4n) is 6.22. The van der Waals surface area contributed by atoms with E-state index in [2.05, 4.69) is 82.3 Å². The second-order valence-electron chi connectivity index (χ2n) is 12.1. The molecule has 0 radical (unpaired) electrons. The molecular weight excluding hydrogens is 668 g/mol. The van der Waals surface area contributed by atoms with Crippen LogP contribution in [0, 0.1) is 33.6 Å². The number of hydrogen-bond donors (Lipinski definition) is 0. The number of ether oxygens (including phenoxy) is 1. The molecular formula is C39H40NaO7S2-. The first kappa shape index (κ1) is 40.2. The van der Waals surface area contributed by atoms with E-state index in [1.807, 2.05) is 18.2 Å². The number of hydrogen-bond acceptors (Lipinski definition) is 7. The maximum absolute atomic E-state index is 12.4. The molecule has 1 heterocycles. The molecule has 6 rings (SSSR count). The van der Waals surface area contributed by atoms with Gasteiger partial charge in [-0.15, -0.1) is 0 Å². The minimum absolute atomic E-state index is 0. The van der Waals surface area contributed by atoms with Gasteiger partial charge in [0.05, 0.1) is 15.0 Å². The molecule has 0 N–H and O–H groups in total. The van der Waals surface area contributed by atoms with E-state index in [9.17, 15) is 13.0 Å². The molecule has 2 aliphatic rings. The van der Waals surface area contributed by atoms with Crippen LogP contribution in [0.25, 0.3) is 5.57 Å². The summed E-state index contributed by atoms with van der Waals surface area (Å²) in [6.45, 7) is 8.52. The van der Waals surface area contributed by atoms with Crippen molar-refractivity contribution in [3.05, 3.63) is 158 Å². The van der Waals surface area contributed by atoms with Crippen LogP contribution in [0.1, 0.15) is 57.5 Å². The normalized spacial score (nSPS) is 14.9. The van der Waals surface area contributed by atoms with Gasteiger partial charge in [0.15, 0.2) is 0 Å². The van der Waals surface area contributed by atoms with Crippen molar-refractivity contribution < 1.29 is 60.2 Å². The van der Waals surface area contributed by atoms with Crippen LogP contribution in [-0.4, -0.2) is 32.2 Å². The van der Waals surface area contributed by atoms with Gasteiger partial charge in [0.2, 0.25) is 0 Å². The zero-order valence-electron chi connectivity index (χ0n) is 27.9. The van der Waals surface area contributed by atoms with Crippen LogP contribution in [0.5, 0.6) is 5.75 Å². The minimum Gasteiger partial charge on any atom is -0.748 e. The first-order valence-electron chi connectivity index (χ1n) is 15.1. The summed E-state index contributed by atoms with van der Waals surface area (Å²) in [4.78, 5) is -0.231. The maximum atomic E-state index is 12.4. The molecule has 0 saturated heterocycles. The molecule has 1 atom stereocenters. The molecule has 0 spiro atoms. The summed E-state index contributed by atoms with van der Waals surface area (Å²) in [7, 11) is -8.63. The topological polar surface area (TPSA) is 124 Å². The number of rotatable bonds is 6. The van der Waals surface area contributed by atoms with Crippen molar-refractivity contribution in [3.8, 4) is 5.75 Å². The third-order valence-electron chi connectivity index (χ3n) is 8.48. The van der Waals surface area contributed by atoms with Crippen molar-refractivity contribution in [3.63, 3.8) is 0 Å². The number of aryl methyl sites for hydroxylation is 4. The quantitative estimate of drug-likeness (QED) is 0.210. The number of allylic oxidation sites excluding steroid dienone is 3. The van der Waals surface area contributed by atoms with Crippen molar-refractivity contribution in [2.75, 3.05) is 6.26 Å². The first-order valence-corrected chi connectivity index (χ1v) is 18.3. The van der Waals surface area contributed by atoms with Gasteiger partial charge in [-0.3, -0.25) is 0 Å². The van der Waals surface area contributed by atoms with Gasteiger partial charge in [0.25, 0.3) is 0 Å². The van der Waals surface area contributed by atoms with Crippen LogP contribution in [-0.2, 0) is 33.1 Å². The Morgan fingerprint density at radius 2 is 1.29 bits per heavy atom. The summed E-state index contributed by atoms with van der Waals surface area (Å²) in [5, 5.41) is 0. The second kappa shape index (κ2) is 16.2. The van der Waals surface area contributed by atoms with Gasteiger partial charge in [-0.1, -0.05) is 86.3 Å². The molecule has 1 unspecified atom stereocenters. The van der Waals surface area contributed by atoms with Crippen LogP contribution >= 0.6 is 0 Å². The molecule has 4 aromatic carbocycles. The summed E-state index contributed by atoms with van der Waals surface area (Å²) in [6.07, 6.45) is 8.47. The zero-order valence-corrected chi connectivity index (χ0v) is 31.5. The minimum atomic E-state index is -4.71. The summed E-state index contributed by atoms with van der Waals surface area (Å²) in [5.74, 6) is 1.43. The van der Waals surface area contributed by atoms with E-state index in [4.69, 9.17) is 17.7 Å². The predicted molar refractivity (Wildman–Crippen MR) is 189 cm³/mol. The SMILES string of the molecule is C.CS(=O)(=O)[O-].Cc1cccc(C)c1Cc1ccc2c(c1)OC1=CC(Cc3c(C)cccc3C)C=CC1=C2c1ccccc1S(=O)(=O)[O-].[Na+]. The Kier molecular flexibility index (Phi) is 13.2. The second-order valence-corrected chi connectivity index (χ2v) is 14.8. The molecule has 49 heavy (non-hydrogen) atoms. The van der Waals surface area contributed by atoms with Gasteiger partial charge in [-0.25, -0.2) is 16.8 Å². The third kappa shape index (κ3) is 9.70. The standard InChI is InChI=1S/C37H34O4S.CH4O3S.CH4.Na/c1-23-9-7-10-24(2)32(23)19-27-15-17-29-34(21-27)41-35-22-28(20-33-25(3)11-8-12-26(33)4)16-18-30(35)37(29)31-13-5-6-14-36(31)42(38,39)40;1-5(2,3)4;;/h5-18,21-22,27H,19-20H2,1-4H3,(H,38,39,40);1H3,(H,2,3,4);1H4;/q;;;+1/p-2. The van der Waals surface area contributed by atoms with Crippen LogP contribution in [0.2, 0.25) is 0 Å². The van der Waals surface area contributed by atoms with Gasteiger partial charge < -0.3 is 13.8 Å². The Hall–Kier alpha value is -3.28. The molecule has 1 aliphatic carbocycles. The fraction of sp³-hybridized carbons (Fsp3) is 0.231. The van der Waals surface area contributed by atoms with Crippen LogP contribution in [0.15, 0.2) is 113 Å². The van der Waals surface area contributed by atoms with Gasteiger partial charge in [0.1, 0.15) is 21.6 Å². The van der Waals surface area contributed by atoms with Gasteiger partial charge >= 0.3 is 29.6 Å². The van der Waals surface area contributed by atoms with Crippen molar-refractivity contribution in [2.45, 2.75) is 52.9 Å². The van der Waals surface area contributed by atoms with Crippen LogP contribution in [0.4, 0.5) is 0 Å². The molecule has 7 nitrogen and oxygen atoms in total. The largest absolute Gasteiger partial charge is 1.00 e. The van der Waals surface area contributed by atoms with E-state index >= 15 is 0 Å². The third-order valence-corrected chi connectivity index (χ3v) is 9.38. The van der Waals surface area contributed by atoms with Crippen molar-refractivity contribution in [1.29, 1.82) is 0 Å². The van der Waals surface area contributed by atoms with Gasteiger partial charge in [-0.2, -0.15) is 0 Å². The van der Waals surface area contributed by atoms with Crippen LogP contribution < -0.4 is 34.3 Å². The zero-order chi connectivity index (χ0) is 34.1. The molecule has 252 valence electrons. The van der Waals surface area contributed by atoms with E-state index in [1.54, 1.807) is 18.2 Å². The van der Waals surface area contributed by atoms with Crippen molar-refractivity contribution in [1.82, 2.24) is 0 Å². The Balaban J connectivity index is 0.000000868. The first-order chi connectivity index (χ1) is 22.1. The summed E-state index contributed by atoms with van der Waals surface area (Å²) >= 11 is 0. The summed E-state index contributed by atoms with van der Waals surface area (Å²) < 4.78 is 70.9.